The summed E-state index contributed by atoms with van der Waals surface area (Å²) >= 11 is 3.41. The fourth-order valence-corrected chi connectivity index (χ4v) is 2.07. The number of anilines is 1. The maximum absolute atomic E-state index is 9.21. The van der Waals surface area contributed by atoms with Gasteiger partial charge in [0, 0.05) is 22.6 Å². The number of rotatable bonds is 6. The summed E-state index contributed by atoms with van der Waals surface area (Å²) in [6, 6.07) is 7.91. The minimum Gasteiger partial charge on any atom is -0.395 e. The summed E-state index contributed by atoms with van der Waals surface area (Å²) in [6.07, 6.45) is 0. The number of halogens is 1. The molecule has 0 aliphatic heterocycles. The number of hydrogen-bond donors (Lipinski definition) is 1. The van der Waals surface area contributed by atoms with Gasteiger partial charge in [-0.2, -0.15) is 4.98 Å². The Morgan fingerprint density at radius 2 is 2.00 bits per heavy atom. The van der Waals surface area contributed by atoms with Crippen molar-refractivity contribution in [1.29, 1.82) is 0 Å². The molecule has 2 aromatic rings. The third-order valence-electron chi connectivity index (χ3n) is 2.87. The average Bonchev–Trinajstić information content (AvgIpc) is 2.88. The van der Waals surface area contributed by atoms with Gasteiger partial charge in [-0.3, -0.25) is 0 Å². The van der Waals surface area contributed by atoms with Crippen molar-refractivity contribution in [3.8, 4) is 0 Å². The van der Waals surface area contributed by atoms with Crippen molar-refractivity contribution in [2.24, 2.45) is 0 Å². The lowest BCUT2D eigenvalue weighted by atomic mass is 10.2. The van der Waals surface area contributed by atoms with E-state index in [1.165, 1.54) is 0 Å². The second-order valence-electron chi connectivity index (χ2n) is 4.83. The van der Waals surface area contributed by atoms with Crippen LogP contribution in [0.3, 0.4) is 0 Å². The van der Waals surface area contributed by atoms with Crippen LogP contribution in [0.2, 0.25) is 0 Å². The van der Waals surface area contributed by atoms with Crippen LogP contribution in [0.25, 0.3) is 0 Å². The maximum Gasteiger partial charge on any atom is 0.229 e. The molecule has 0 saturated heterocycles. The van der Waals surface area contributed by atoms with Gasteiger partial charge in [-0.25, -0.2) is 0 Å². The molecule has 0 aliphatic rings. The van der Waals surface area contributed by atoms with E-state index in [1.54, 1.807) is 0 Å². The van der Waals surface area contributed by atoms with Crippen molar-refractivity contribution in [2.75, 3.05) is 18.1 Å². The summed E-state index contributed by atoms with van der Waals surface area (Å²) in [4.78, 5) is 6.38. The first-order chi connectivity index (χ1) is 9.60. The van der Waals surface area contributed by atoms with Gasteiger partial charge in [-0.05, 0) is 24.3 Å². The zero-order chi connectivity index (χ0) is 14.5. The van der Waals surface area contributed by atoms with Crippen LogP contribution >= 0.6 is 15.9 Å². The quantitative estimate of drug-likeness (QED) is 0.876. The van der Waals surface area contributed by atoms with Gasteiger partial charge in [0.25, 0.3) is 0 Å². The summed E-state index contributed by atoms with van der Waals surface area (Å²) in [5, 5.41) is 13.2. The molecule has 2 rings (SSSR count). The van der Waals surface area contributed by atoms with Crippen LogP contribution in [-0.2, 0) is 6.54 Å². The molecule has 0 bridgehead atoms. The molecule has 0 amide bonds. The normalized spacial score (nSPS) is 11.1. The van der Waals surface area contributed by atoms with Crippen molar-refractivity contribution < 1.29 is 9.63 Å². The van der Waals surface area contributed by atoms with Crippen LogP contribution in [0.15, 0.2) is 33.3 Å². The standard InChI is InChI=1S/C14H18BrN3O2/c1-10(2)14-16-13(17-20-14)9-18(7-8-19)12-5-3-11(15)4-6-12/h3-6,10,19H,7-9H2,1-2H3. The predicted molar refractivity (Wildman–Crippen MR) is 80.7 cm³/mol. The first-order valence-corrected chi connectivity index (χ1v) is 7.33. The number of hydrogen-bond acceptors (Lipinski definition) is 5. The van der Waals surface area contributed by atoms with Crippen LogP contribution in [0.1, 0.15) is 31.5 Å². The summed E-state index contributed by atoms with van der Waals surface area (Å²) in [6.45, 7) is 5.13. The molecule has 0 saturated carbocycles. The van der Waals surface area contributed by atoms with Gasteiger partial charge >= 0.3 is 0 Å². The lowest BCUT2D eigenvalue weighted by molar-refractivity contribution is 0.300. The summed E-state index contributed by atoms with van der Waals surface area (Å²) in [5.74, 6) is 1.49. The van der Waals surface area contributed by atoms with Gasteiger partial charge in [-0.15, -0.1) is 0 Å². The lowest BCUT2D eigenvalue weighted by Gasteiger charge is -2.22. The minimum atomic E-state index is 0.0744. The fraction of sp³-hybridized carbons (Fsp3) is 0.429. The van der Waals surface area contributed by atoms with Gasteiger partial charge < -0.3 is 14.5 Å². The molecule has 0 unspecified atom stereocenters. The lowest BCUT2D eigenvalue weighted by Crippen LogP contribution is -2.26. The SMILES string of the molecule is CC(C)c1nc(CN(CCO)c2ccc(Br)cc2)no1. The molecule has 0 fully saturated rings. The van der Waals surface area contributed by atoms with Crippen LogP contribution in [0.5, 0.6) is 0 Å². The summed E-state index contributed by atoms with van der Waals surface area (Å²) < 4.78 is 6.22. The van der Waals surface area contributed by atoms with Crippen molar-refractivity contribution in [3.05, 3.63) is 40.5 Å². The first kappa shape index (κ1) is 15.0. The molecular formula is C14H18BrN3O2. The zero-order valence-electron chi connectivity index (χ0n) is 11.6. The number of aliphatic hydroxyl groups is 1. The number of benzene rings is 1. The van der Waals surface area contributed by atoms with Gasteiger partial charge in [-0.1, -0.05) is 34.9 Å². The van der Waals surface area contributed by atoms with Gasteiger partial charge in [0.15, 0.2) is 5.82 Å². The highest BCUT2D eigenvalue weighted by atomic mass is 79.9. The molecule has 1 N–H and O–H groups in total. The van der Waals surface area contributed by atoms with E-state index in [0.29, 0.717) is 24.8 Å². The summed E-state index contributed by atoms with van der Waals surface area (Å²) in [7, 11) is 0. The number of aliphatic hydroxyl groups excluding tert-OH is 1. The second kappa shape index (κ2) is 6.85. The first-order valence-electron chi connectivity index (χ1n) is 6.54. The van der Waals surface area contributed by atoms with Crippen LogP contribution in [0, 0.1) is 0 Å². The smallest absolute Gasteiger partial charge is 0.229 e. The average molecular weight is 340 g/mol. The van der Waals surface area contributed by atoms with Crippen LogP contribution < -0.4 is 4.90 Å². The van der Waals surface area contributed by atoms with Crippen molar-refractivity contribution >= 4 is 21.6 Å². The van der Waals surface area contributed by atoms with E-state index in [9.17, 15) is 5.11 Å². The highest BCUT2D eigenvalue weighted by molar-refractivity contribution is 9.10. The molecule has 0 aliphatic carbocycles. The molecule has 20 heavy (non-hydrogen) atoms. The van der Waals surface area contributed by atoms with Crippen LogP contribution in [-0.4, -0.2) is 28.4 Å². The maximum atomic E-state index is 9.21. The Bertz CT molecular complexity index is 540. The van der Waals surface area contributed by atoms with Crippen molar-refractivity contribution in [2.45, 2.75) is 26.3 Å². The Morgan fingerprint density at radius 3 is 2.55 bits per heavy atom. The Labute approximate surface area is 126 Å². The Hall–Kier alpha value is -1.40. The van der Waals surface area contributed by atoms with E-state index < -0.39 is 0 Å². The molecule has 0 spiro atoms. The number of nitrogens with zero attached hydrogens (tertiary/aromatic N) is 3. The molecule has 0 atom stereocenters. The number of aromatic nitrogens is 2. The molecule has 1 heterocycles. The fourth-order valence-electron chi connectivity index (χ4n) is 1.81. The van der Waals surface area contributed by atoms with Gasteiger partial charge in [0.05, 0.1) is 13.2 Å². The minimum absolute atomic E-state index is 0.0744. The van der Waals surface area contributed by atoms with E-state index >= 15 is 0 Å². The molecule has 0 radical (unpaired) electrons. The van der Waals surface area contributed by atoms with Gasteiger partial charge in [0.2, 0.25) is 5.89 Å². The van der Waals surface area contributed by atoms with E-state index in [-0.39, 0.29) is 12.5 Å². The van der Waals surface area contributed by atoms with Crippen molar-refractivity contribution in [1.82, 2.24) is 10.1 Å². The van der Waals surface area contributed by atoms with E-state index in [2.05, 4.69) is 26.1 Å². The second-order valence-corrected chi connectivity index (χ2v) is 5.74. The molecule has 1 aromatic heterocycles. The van der Waals surface area contributed by atoms with Crippen LogP contribution in [0.4, 0.5) is 5.69 Å². The Balaban J connectivity index is 2.14. The Kier molecular flexibility index (Phi) is 5.14. The monoisotopic (exact) mass is 339 g/mol. The van der Waals surface area contributed by atoms with E-state index in [0.717, 1.165) is 10.2 Å². The molecular weight excluding hydrogens is 322 g/mol. The third kappa shape index (κ3) is 3.80. The van der Waals surface area contributed by atoms with E-state index in [4.69, 9.17) is 4.52 Å². The Morgan fingerprint density at radius 1 is 1.30 bits per heavy atom. The molecule has 108 valence electrons. The van der Waals surface area contributed by atoms with Crippen molar-refractivity contribution in [3.63, 3.8) is 0 Å². The molecule has 5 nitrogen and oxygen atoms in total. The van der Waals surface area contributed by atoms with Gasteiger partial charge in [0.1, 0.15) is 0 Å². The highest BCUT2D eigenvalue weighted by Crippen LogP contribution is 2.20. The zero-order valence-corrected chi connectivity index (χ0v) is 13.2. The topological polar surface area (TPSA) is 62.4 Å². The largest absolute Gasteiger partial charge is 0.395 e. The predicted octanol–water partition coefficient (Wildman–Crippen LogP) is 2.95. The van der Waals surface area contributed by atoms with E-state index in [1.807, 2.05) is 43.0 Å². The molecule has 6 heteroatoms. The summed E-state index contributed by atoms with van der Waals surface area (Å²) in [5.41, 5.74) is 1.01. The third-order valence-corrected chi connectivity index (χ3v) is 3.40. The highest BCUT2D eigenvalue weighted by Gasteiger charge is 2.14. The molecule has 1 aromatic carbocycles.